The first kappa shape index (κ1) is 28.4. The van der Waals surface area contributed by atoms with Crippen molar-refractivity contribution in [1.82, 2.24) is 15.5 Å². The number of carbonyl (C=O) groups excluding carboxylic acids is 2. The Kier molecular flexibility index (Phi) is 9.25. The summed E-state index contributed by atoms with van der Waals surface area (Å²) in [5.41, 5.74) is 0. The Bertz CT molecular complexity index is 835. The van der Waals surface area contributed by atoms with E-state index in [1.807, 2.05) is 18.0 Å². The monoisotopic (exact) mass is 527 g/mol. The minimum atomic E-state index is -4.23. The number of hydrogen-bond donors (Lipinski definition) is 2. The normalized spacial score (nSPS) is 39.5. The second-order valence-electron chi connectivity index (χ2n) is 12.0. The molecule has 210 valence electrons. The molecule has 6 nitrogen and oxygen atoms in total. The minimum absolute atomic E-state index is 0.0735. The number of likely N-dealkylation sites (tertiary alicyclic amines) is 1. The van der Waals surface area contributed by atoms with Gasteiger partial charge in [-0.15, -0.1) is 0 Å². The molecule has 2 N–H and O–H groups in total. The lowest BCUT2D eigenvalue weighted by atomic mass is 9.65. The number of hydrogen-bond acceptors (Lipinski definition) is 4. The van der Waals surface area contributed by atoms with Crippen molar-refractivity contribution in [3.05, 3.63) is 12.2 Å². The summed E-state index contributed by atoms with van der Waals surface area (Å²) in [5, 5.41) is 6.72. The van der Waals surface area contributed by atoms with Crippen LogP contribution < -0.4 is 10.6 Å². The number of methoxy groups -OCH3 is 1. The number of halogens is 3. The highest BCUT2D eigenvalue weighted by molar-refractivity contribution is 5.81. The first-order valence-corrected chi connectivity index (χ1v) is 14.1. The van der Waals surface area contributed by atoms with E-state index in [-0.39, 0.29) is 54.6 Å². The van der Waals surface area contributed by atoms with Crippen LogP contribution in [0.5, 0.6) is 0 Å². The lowest BCUT2D eigenvalue weighted by molar-refractivity contribution is -0.186. The molecule has 2 amide bonds. The van der Waals surface area contributed by atoms with Crippen molar-refractivity contribution in [2.75, 3.05) is 27.3 Å². The fraction of sp³-hybridized carbons (Fsp3) is 0.857. The predicted octanol–water partition coefficient (Wildman–Crippen LogP) is 4.30. The van der Waals surface area contributed by atoms with E-state index < -0.39 is 18.0 Å². The van der Waals surface area contributed by atoms with E-state index in [4.69, 9.17) is 4.74 Å². The molecule has 0 aromatic rings. The molecule has 0 bridgehead atoms. The van der Waals surface area contributed by atoms with Crippen LogP contribution >= 0.6 is 0 Å². The van der Waals surface area contributed by atoms with Crippen molar-refractivity contribution in [3.63, 3.8) is 0 Å². The molecule has 0 aromatic carbocycles. The van der Waals surface area contributed by atoms with Crippen LogP contribution in [0.3, 0.4) is 0 Å². The van der Waals surface area contributed by atoms with Gasteiger partial charge < -0.3 is 20.3 Å². The van der Waals surface area contributed by atoms with Crippen LogP contribution in [-0.2, 0) is 14.3 Å². The number of carbonyl (C=O) groups is 2. The number of ether oxygens (including phenoxy) is 1. The lowest BCUT2D eigenvalue weighted by Gasteiger charge is -2.50. The largest absolute Gasteiger partial charge is 0.391 e. The summed E-state index contributed by atoms with van der Waals surface area (Å²) in [5.74, 6) is -1.12. The van der Waals surface area contributed by atoms with Crippen LogP contribution in [0.1, 0.15) is 64.7 Å². The fourth-order valence-electron chi connectivity index (χ4n) is 7.46. The van der Waals surface area contributed by atoms with Crippen molar-refractivity contribution in [2.45, 2.75) is 89.0 Å². The summed E-state index contributed by atoms with van der Waals surface area (Å²) in [4.78, 5) is 28.5. The van der Waals surface area contributed by atoms with Crippen molar-refractivity contribution < 1.29 is 27.5 Å². The quantitative estimate of drug-likeness (QED) is 0.506. The smallest absolute Gasteiger partial charge is 0.381 e. The highest BCUT2D eigenvalue weighted by Crippen LogP contribution is 2.44. The third-order valence-corrected chi connectivity index (χ3v) is 9.66. The Hall–Kier alpha value is -1.61. The molecule has 9 heteroatoms. The molecule has 4 rings (SSSR count). The van der Waals surface area contributed by atoms with E-state index in [2.05, 4.69) is 23.6 Å². The standard InChI is InChI=1S/C28H44F3N3O3/c1-17-9-10-22(33-26(35)18-6-4-7-20(12-18)28(29,30)31)14-23(17)24-13-19-16-32-21(8-5-11-37-3)15-25(19)34(2)27(24)36/h5,8,17-25,32H,4,6-7,9-16H2,1-3H3,(H,33,35)/b8-5+. The van der Waals surface area contributed by atoms with Crippen molar-refractivity contribution in [2.24, 2.45) is 35.5 Å². The third kappa shape index (κ3) is 6.70. The molecule has 2 saturated carbocycles. The first-order chi connectivity index (χ1) is 17.6. The Morgan fingerprint density at radius 2 is 1.95 bits per heavy atom. The SMILES string of the molecule is COC/C=C/C1CC2C(CN1)CC(C1CC(NC(=O)C3CCCC(C(F)(F)F)C3)CCC1C)C(=O)N2C. The molecular formula is C28H44F3N3O3. The average Bonchev–Trinajstić information content (AvgIpc) is 2.87. The highest BCUT2D eigenvalue weighted by Gasteiger charge is 2.48. The summed E-state index contributed by atoms with van der Waals surface area (Å²) >= 11 is 0. The number of amides is 2. The summed E-state index contributed by atoms with van der Waals surface area (Å²) in [6, 6.07) is 0.369. The molecule has 2 heterocycles. The molecule has 0 spiro atoms. The summed E-state index contributed by atoms with van der Waals surface area (Å²) in [7, 11) is 3.60. The number of nitrogens with one attached hydrogen (secondary N) is 2. The van der Waals surface area contributed by atoms with Gasteiger partial charge in [0.05, 0.1) is 12.5 Å². The van der Waals surface area contributed by atoms with Gasteiger partial charge >= 0.3 is 6.18 Å². The summed E-state index contributed by atoms with van der Waals surface area (Å²) in [6.45, 7) is 3.64. The zero-order valence-corrected chi connectivity index (χ0v) is 22.4. The van der Waals surface area contributed by atoms with Crippen LogP contribution in [0, 0.1) is 35.5 Å². The predicted molar refractivity (Wildman–Crippen MR) is 136 cm³/mol. The number of nitrogens with zero attached hydrogens (tertiary/aromatic N) is 1. The van der Waals surface area contributed by atoms with E-state index in [1.165, 1.54) is 0 Å². The van der Waals surface area contributed by atoms with E-state index in [1.54, 1.807) is 7.11 Å². The van der Waals surface area contributed by atoms with Gasteiger partial charge in [-0.25, -0.2) is 0 Å². The molecule has 0 radical (unpaired) electrons. The highest BCUT2D eigenvalue weighted by atomic mass is 19.4. The zero-order chi connectivity index (χ0) is 26.7. The van der Waals surface area contributed by atoms with Gasteiger partial charge in [0.1, 0.15) is 0 Å². The molecule has 2 saturated heterocycles. The number of alkyl halides is 3. The van der Waals surface area contributed by atoms with Crippen LogP contribution in [0.4, 0.5) is 13.2 Å². The van der Waals surface area contributed by atoms with E-state index in [9.17, 15) is 22.8 Å². The minimum Gasteiger partial charge on any atom is -0.381 e. The topological polar surface area (TPSA) is 70.7 Å². The van der Waals surface area contributed by atoms with Crippen LogP contribution in [0.15, 0.2) is 12.2 Å². The maximum atomic E-state index is 13.6. The zero-order valence-electron chi connectivity index (χ0n) is 22.4. The van der Waals surface area contributed by atoms with Gasteiger partial charge in [-0.3, -0.25) is 9.59 Å². The number of piperidine rings is 2. The molecule has 4 aliphatic rings. The fourth-order valence-corrected chi connectivity index (χ4v) is 7.46. The molecule has 0 aromatic heterocycles. The van der Waals surface area contributed by atoms with E-state index >= 15 is 0 Å². The molecule has 9 unspecified atom stereocenters. The lowest BCUT2D eigenvalue weighted by Crippen LogP contribution is -2.60. The van der Waals surface area contributed by atoms with Gasteiger partial charge in [-0.2, -0.15) is 13.2 Å². The molecular weight excluding hydrogens is 483 g/mol. The molecule has 4 fully saturated rings. The second-order valence-corrected chi connectivity index (χ2v) is 12.0. The van der Waals surface area contributed by atoms with Crippen LogP contribution in [-0.4, -0.2) is 68.3 Å². The maximum absolute atomic E-state index is 13.6. The second kappa shape index (κ2) is 12.1. The van der Waals surface area contributed by atoms with Crippen LogP contribution in [0.25, 0.3) is 0 Å². The summed E-state index contributed by atoms with van der Waals surface area (Å²) in [6.07, 6.45) is 5.08. The average molecular weight is 528 g/mol. The Morgan fingerprint density at radius 3 is 2.68 bits per heavy atom. The Balaban J connectivity index is 1.35. The van der Waals surface area contributed by atoms with E-state index in [0.29, 0.717) is 31.3 Å². The van der Waals surface area contributed by atoms with Gasteiger partial charge in [-0.05, 0) is 69.1 Å². The molecule has 37 heavy (non-hydrogen) atoms. The number of fused-ring (bicyclic) bond motifs is 1. The van der Waals surface area contributed by atoms with Gasteiger partial charge in [0.25, 0.3) is 0 Å². The first-order valence-electron chi connectivity index (χ1n) is 14.1. The van der Waals surface area contributed by atoms with Gasteiger partial charge in [-0.1, -0.05) is 25.5 Å². The molecule has 9 atom stereocenters. The number of rotatable bonds is 6. The Morgan fingerprint density at radius 1 is 1.16 bits per heavy atom. The maximum Gasteiger partial charge on any atom is 0.391 e. The Labute approximate surface area is 219 Å². The van der Waals surface area contributed by atoms with Crippen molar-refractivity contribution in [1.29, 1.82) is 0 Å². The van der Waals surface area contributed by atoms with Gasteiger partial charge in [0.2, 0.25) is 11.8 Å². The van der Waals surface area contributed by atoms with Gasteiger partial charge in [0, 0.05) is 50.7 Å². The summed E-state index contributed by atoms with van der Waals surface area (Å²) < 4.78 is 44.8. The van der Waals surface area contributed by atoms with Gasteiger partial charge in [0.15, 0.2) is 0 Å². The molecule has 2 aliphatic carbocycles. The van der Waals surface area contributed by atoms with Crippen LogP contribution in [0.2, 0.25) is 0 Å². The third-order valence-electron chi connectivity index (χ3n) is 9.66. The van der Waals surface area contributed by atoms with E-state index in [0.717, 1.165) is 38.6 Å². The van der Waals surface area contributed by atoms with Crippen molar-refractivity contribution in [3.8, 4) is 0 Å². The van der Waals surface area contributed by atoms with Crippen molar-refractivity contribution >= 4 is 11.8 Å². The molecule has 2 aliphatic heterocycles.